The molecule has 0 spiro atoms. The molecule has 0 atom stereocenters. The van der Waals surface area contributed by atoms with Gasteiger partial charge in [-0.1, -0.05) is 60.7 Å². The van der Waals surface area contributed by atoms with Crippen LogP contribution in [0, 0.1) is 0 Å². The number of nitrogens with two attached hydrogens (primary N) is 2. The summed E-state index contributed by atoms with van der Waals surface area (Å²) in [5.74, 6) is 0. The monoisotopic (exact) mass is 268 g/mol. The number of hydrogen-bond acceptors (Lipinski definition) is 2. The van der Waals surface area contributed by atoms with Gasteiger partial charge in [0.15, 0.2) is 0 Å². The molecule has 2 rings (SSSR count). The third-order valence-electron chi connectivity index (χ3n) is 3.76. The second-order valence-corrected chi connectivity index (χ2v) is 6.18. The Morgan fingerprint density at radius 2 is 1.20 bits per heavy atom. The summed E-state index contributed by atoms with van der Waals surface area (Å²) >= 11 is 0. The highest BCUT2D eigenvalue weighted by Crippen LogP contribution is 2.37. The Labute approximate surface area is 121 Å². The standard InChI is InChI=1S/C18H24N2/c1-17(2,20)13-18(14-19,15-9-5-3-6-10-15)16-11-7-4-8-12-16/h3-12H,13-14,19-20H2,1-2H3. The van der Waals surface area contributed by atoms with Gasteiger partial charge in [0.2, 0.25) is 0 Å². The number of hydrogen-bond donors (Lipinski definition) is 2. The number of rotatable bonds is 5. The lowest BCUT2D eigenvalue weighted by Gasteiger charge is -2.39. The van der Waals surface area contributed by atoms with Crippen LogP contribution in [0.2, 0.25) is 0 Å². The van der Waals surface area contributed by atoms with Crippen molar-refractivity contribution in [2.45, 2.75) is 31.2 Å². The Bertz CT molecular complexity index is 487. The van der Waals surface area contributed by atoms with Crippen molar-refractivity contribution in [1.82, 2.24) is 0 Å². The van der Waals surface area contributed by atoms with E-state index in [9.17, 15) is 0 Å². The smallest absolute Gasteiger partial charge is 0.0342 e. The van der Waals surface area contributed by atoms with Crippen molar-refractivity contribution in [2.75, 3.05) is 6.54 Å². The Balaban J connectivity index is 2.58. The van der Waals surface area contributed by atoms with E-state index in [-0.39, 0.29) is 11.0 Å². The molecule has 0 aliphatic carbocycles. The van der Waals surface area contributed by atoms with Gasteiger partial charge in [0, 0.05) is 17.5 Å². The van der Waals surface area contributed by atoms with E-state index in [0.29, 0.717) is 6.54 Å². The van der Waals surface area contributed by atoms with Crippen molar-refractivity contribution >= 4 is 0 Å². The molecule has 0 unspecified atom stereocenters. The highest BCUT2D eigenvalue weighted by Gasteiger charge is 2.36. The van der Waals surface area contributed by atoms with Crippen molar-refractivity contribution in [3.8, 4) is 0 Å². The maximum absolute atomic E-state index is 6.32. The second kappa shape index (κ2) is 5.78. The third-order valence-corrected chi connectivity index (χ3v) is 3.76. The number of benzene rings is 2. The summed E-state index contributed by atoms with van der Waals surface area (Å²) in [6.45, 7) is 4.66. The first-order valence-electron chi connectivity index (χ1n) is 7.08. The van der Waals surface area contributed by atoms with E-state index in [4.69, 9.17) is 11.5 Å². The average Bonchev–Trinajstić information content (AvgIpc) is 2.46. The molecular weight excluding hydrogens is 244 g/mol. The molecule has 0 aliphatic heterocycles. The summed E-state index contributed by atoms with van der Waals surface area (Å²) in [5, 5.41) is 0. The molecule has 0 saturated heterocycles. The van der Waals surface area contributed by atoms with Gasteiger partial charge >= 0.3 is 0 Å². The minimum Gasteiger partial charge on any atom is -0.329 e. The summed E-state index contributed by atoms with van der Waals surface area (Å²) in [6.07, 6.45) is 0.810. The highest BCUT2D eigenvalue weighted by atomic mass is 14.7. The van der Waals surface area contributed by atoms with Crippen LogP contribution in [-0.4, -0.2) is 12.1 Å². The SMILES string of the molecule is CC(C)(N)CC(CN)(c1ccccc1)c1ccccc1. The van der Waals surface area contributed by atoms with E-state index in [1.807, 2.05) is 12.1 Å². The molecule has 2 nitrogen and oxygen atoms in total. The van der Waals surface area contributed by atoms with Gasteiger partial charge < -0.3 is 11.5 Å². The molecule has 0 amide bonds. The molecule has 0 bridgehead atoms. The fourth-order valence-corrected chi connectivity index (χ4v) is 2.97. The highest BCUT2D eigenvalue weighted by molar-refractivity contribution is 5.40. The van der Waals surface area contributed by atoms with Crippen LogP contribution in [0.3, 0.4) is 0 Å². The fraction of sp³-hybridized carbons (Fsp3) is 0.333. The maximum atomic E-state index is 6.32. The van der Waals surface area contributed by atoms with Crippen molar-refractivity contribution in [2.24, 2.45) is 11.5 Å². The van der Waals surface area contributed by atoms with Crippen molar-refractivity contribution in [3.05, 3.63) is 71.8 Å². The summed E-state index contributed by atoms with van der Waals surface area (Å²) in [7, 11) is 0. The quantitative estimate of drug-likeness (QED) is 0.875. The Kier molecular flexibility index (Phi) is 4.26. The fourth-order valence-electron chi connectivity index (χ4n) is 2.97. The lowest BCUT2D eigenvalue weighted by Crippen LogP contribution is -2.46. The minimum absolute atomic E-state index is 0.235. The summed E-state index contributed by atoms with van der Waals surface area (Å²) in [4.78, 5) is 0. The molecule has 0 aliphatic rings. The van der Waals surface area contributed by atoms with E-state index in [0.717, 1.165) is 6.42 Å². The first-order chi connectivity index (χ1) is 9.48. The van der Waals surface area contributed by atoms with E-state index in [2.05, 4.69) is 62.4 Å². The van der Waals surface area contributed by atoms with Crippen LogP contribution in [-0.2, 0) is 5.41 Å². The van der Waals surface area contributed by atoms with Gasteiger partial charge in [-0.2, -0.15) is 0 Å². The van der Waals surface area contributed by atoms with Crippen LogP contribution in [0.25, 0.3) is 0 Å². The lowest BCUT2D eigenvalue weighted by molar-refractivity contribution is 0.355. The molecule has 2 aromatic rings. The Morgan fingerprint density at radius 1 is 0.800 bits per heavy atom. The third kappa shape index (κ3) is 3.09. The molecule has 2 heteroatoms. The van der Waals surface area contributed by atoms with Gasteiger partial charge in [0.05, 0.1) is 0 Å². The summed E-state index contributed by atoms with van der Waals surface area (Å²) in [5.41, 5.74) is 14.5. The predicted octanol–water partition coefficient (Wildman–Crippen LogP) is 3.06. The molecule has 2 aromatic carbocycles. The zero-order valence-corrected chi connectivity index (χ0v) is 12.3. The van der Waals surface area contributed by atoms with Crippen LogP contribution >= 0.6 is 0 Å². The van der Waals surface area contributed by atoms with Crippen molar-refractivity contribution < 1.29 is 0 Å². The van der Waals surface area contributed by atoms with E-state index in [1.165, 1.54) is 11.1 Å². The molecule has 20 heavy (non-hydrogen) atoms. The molecule has 0 radical (unpaired) electrons. The van der Waals surface area contributed by atoms with Gasteiger partial charge in [-0.3, -0.25) is 0 Å². The maximum Gasteiger partial charge on any atom is 0.0342 e. The van der Waals surface area contributed by atoms with Crippen LogP contribution in [0.15, 0.2) is 60.7 Å². The second-order valence-electron chi connectivity index (χ2n) is 6.18. The van der Waals surface area contributed by atoms with Crippen LogP contribution in [0.1, 0.15) is 31.4 Å². The predicted molar refractivity (Wildman–Crippen MR) is 85.6 cm³/mol. The first kappa shape index (κ1) is 14.8. The molecule has 4 N–H and O–H groups in total. The Hall–Kier alpha value is -1.64. The topological polar surface area (TPSA) is 52.0 Å². The van der Waals surface area contributed by atoms with Gasteiger partial charge in [0.25, 0.3) is 0 Å². The van der Waals surface area contributed by atoms with Gasteiger partial charge in [-0.15, -0.1) is 0 Å². The molecular formula is C18H24N2. The van der Waals surface area contributed by atoms with Gasteiger partial charge in [0.1, 0.15) is 0 Å². The minimum atomic E-state index is -0.287. The van der Waals surface area contributed by atoms with Gasteiger partial charge in [-0.05, 0) is 31.4 Å². The van der Waals surface area contributed by atoms with Crippen LogP contribution < -0.4 is 11.5 Å². The van der Waals surface area contributed by atoms with Crippen LogP contribution in [0.5, 0.6) is 0 Å². The average molecular weight is 268 g/mol. The van der Waals surface area contributed by atoms with Crippen LogP contribution in [0.4, 0.5) is 0 Å². The first-order valence-corrected chi connectivity index (χ1v) is 7.08. The van der Waals surface area contributed by atoms with Crippen molar-refractivity contribution in [1.29, 1.82) is 0 Å². The van der Waals surface area contributed by atoms with E-state index < -0.39 is 0 Å². The Morgan fingerprint density at radius 3 is 1.50 bits per heavy atom. The molecule has 0 aromatic heterocycles. The largest absolute Gasteiger partial charge is 0.329 e. The zero-order chi connectivity index (χ0) is 14.6. The molecule has 106 valence electrons. The summed E-state index contributed by atoms with van der Waals surface area (Å²) < 4.78 is 0. The molecule has 0 saturated carbocycles. The van der Waals surface area contributed by atoms with E-state index >= 15 is 0 Å². The van der Waals surface area contributed by atoms with E-state index in [1.54, 1.807) is 0 Å². The summed E-state index contributed by atoms with van der Waals surface area (Å²) in [6, 6.07) is 20.9. The molecule has 0 heterocycles. The molecule has 0 fully saturated rings. The van der Waals surface area contributed by atoms with Crippen molar-refractivity contribution in [3.63, 3.8) is 0 Å². The zero-order valence-electron chi connectivity index (χ0n) is 12.3. The lowest BCUT2D eigenvalue weighted by atomic mass is 9.68. The van der Waals surface area contributed by atoms with Gasteiger partial charge in [-0.25, -0.2) is 0 Å². The normalized spacial score (nSPS) is 12.4.